The molecule has 3 nitrogen and oxygen atoms in total. The van der Waals surface area contributed by atoms with Crippen molar-refractivity contribution in [3.05, 3.63) is 35.4 Å². The molecule has 0 aliphatic heterocycles. The van der Waals surface area contributed by atoms with Crippen molar-refractivity contribution in [1.82, 2.24) is 4.90 Å². The van der Waals surface area contributed by atoms with E-state index in [0.29, 0.717) is 0 Å². The number of amides is 1. The Kier molecular flexibility index (Phi) is 4.95. The highest BCUT2D eigenvalue weighted by molar-refractivity contribution is 5.83. The third-order valence-electron chi connectivity index (χ3n) is 2.53. The third kappa shape index (κ3) is 4.24. The predicted octanol–water partition coefficient (Wildman–Crippen LogP) is 2.29. The van der Waals surface area contributed by atoms with Crippen molar-refractivity contribution in [3.8, 4) is 0 Å². The van der Waals surface area contributed by atoms with Crippen LogP contribution in [0, 0.1) is 11.6 Å². The molecule has 1 rings (SSSR count). The van der Waals surface area contributed by atoms with Crippen LogP contribution in [0.5, 0.6) is 0 Å². The Morgan fingerprint density at radius 1 is 1.22 bits per heavy atom. The van der Waals surface area contributed by atoms with Gasteiger partial charge in [-0.2, -0.15) is 0 Å². The molecule has 0 heterocycles. The van der Waals surface area contributed by atoms with Crippen LogP contribution in [0.3, 0.4) is 0 Å². The predicted molar refractivity (Wildman–Crippen MR) is 62.7 cm³/mol. The van der Waals surface area contributed by atoms with Gasteiger partial charge in [0.15, 0.2) is 0 Å². The van der Waals surface area contributed by atoms with Crippen molar-refractivity contribution in [2.45, 2.75) is 26.3 Å². The quantitative estimate of drug-likeness (QED) is 0.809. The molecule has 18 heavy (non-hydrogen) atoms. The summed E-state index contributed by atoms with van der Waals surface area (Å²) in [6, 6.07) is 3.11. The largest absolute Gasteiger partial charge is 0.341 e. The van der Waals surface area contributed by atoms with E-state index in [2.05, 4.69) is 0 Å². The zero-order valence-electron chi connectivity index (χ0n) is 10.4. The van der Waals surface area contributed by atoms with Crippen LogP contribution in [-0.2, 0) is 16.1 Å². The number of Topliss-reactive ketones (excluding diaryl/α,β-unsaturated/α-hetero) is 1. The molecule has 0 atom stereocenters. The van der Waals surface area contributed by atoms with Gasteiger partial charge in [0.05, 0.1) is 0 Å². The van der Waals surface area contributed by atoms with Crippen LogP contribution in [0.2, 0.25) is 0 Å². The summed E-state index contributed by atoms with van der Waals surface area (Å²) in [4.78, 5) is 23.6. The fraction of sp³-hybridized carbons (Fsp3) is 0.385. The summed E-state index contributed by atoms with van der Waals surface area (Å²) >= 11 is 0. The Morgan fingerprint density at radius 2 is 1.89 bits per heavy atom. The molecule has 0 saturated carbocycles. The van der Waals surface area contributed by atoms with Gasteiger partial charge >= 0.3 is 0 Å². The molecule has 0 aliphatic carbocycles. The number of ketones is 1. The summed E-state index contributed by atoms with van der Waals surface area (Å²) in [5.74, 6) is -1.44. The molecule has 1 amide bonds. The average molecular weight is 255 g/mol. The molecule has 0 N–H and O–H groups in total. The minimum atomic E-state index is -0.553. The van der Waals surface area contributed by atoms with Gasteiger partial charge in [0.1, 0.15) is 17.4 Å². The molecular formula is C13H15F2NO2. The highest BCUT2D eigenvalue weighted by atomic mass is 19.1. The number of carbonyl (C=O) groups excluding carboxylic acids is 2. The standard InChI is InChI=1S/C13H15F2NO2/c1-9(17)3-6-13(18)16(2)8-10-7-11(14)4-5-12(10)15/h4-5,7H,3,6,8H2,1-2H3. The number of carbonyl (C=O) groups is 2. The van der Waals surface area contributed by atoms with E-state index in [-0.39, 0.29) is 36.6 Å². The van der Waals surface area contributed by atoms with Crippen molar-refractivity contribution >= 4 is 11.7 Å². The molecule has 5 heteroatoms. The molecule has 1 aromatic carbocycles. The maximum Gasteiger partial charge on any atom is 0.223 e. The summed E-state index contributed by atoms with van der Waals surface area (Å²) in [7, 11) is 1.49. The minimum Gasteiger partial charge on any atom is -0.341 e. The zero-order chi connectivity index (χ0) is 13.7. The lowest BCUT2D eigenvalue weighted by Gasteiger charge is -2.17. The molecule has 0 unspecified atom stereocenters. The summed E-state index contributed by atoms with van der Waals surface area (Å²) < 4.78 is 26.3. The minimum absolute atomic E-state index is 0.0136. The first-order valence-corrected chi connectivity index (χ1v) is 5.57. The van der Waals surface area contributed by atoms with E-state index in [0.717, 1.165) is 18.2 Å². The van der Waals surface area contributed by atoms with Crippen LogP contribution >= 0.6 is 0 Å². The van der Waals surface area contributed by atoms with Crippen molar-refractivity contribution in [2.75, 3.05) is 7.05 Å². The second kappa shape index (κ2) is 6.23. The Morgan fingerprint density at radius 3 is 2.50 bits per heavy atom. The molecule has 0 fully saturated rings. The molecule has 98 valence electrons. The van der Waals surface area contributed by atoms with Crippen molar-refractivity contribution < 1.29 is 18.4 Å². The van der Waals surface area contributed by atoms with Crippen LogP contribution in [-0.4, -0.2) is 23.6 Å². The Labute approximate surface area is 104 Å². The molecule has 0 bridgehead atoms. The van der Waals surface area contributed by atoms with Gasteiger partial charge in [0.2, 0.25) is 5.91 Å². The maximum atomic E-state index is 13.3. The summed E-state index contributed by atoms with van der Waals surface area (Å²) in [5, 5.41) is 0. The first-order chi connectivity index (χ1) is 8.40. The lowest BCUT2D eigenvalue weighted by atomic mass is 10.1. The molecular weight excluding hydrogens is 240 g/mol. The number of rotatable bonds is 5. The molecule has 0 aromatic heterocycles. The lowest BCUT2D eigenvalue weighted by molar-refractivity contribution is -0.132. The first kappa shape index (κ1) is 14.3. The number of hydrogen-bond donors (Lipinski definition) is 0. The molecule has 0 aliphatic rings. The van der Waals surface area contributed by atoms with Gasteiger partial charge in [-0.3, -0.25) is 4.79 Å². The molecule has 1 aromatic rings. The SMILES string of the molecule is CC(=O)CCC(=O)N(C)Cc1cc(F)ccc1F. The van der Waals surface area contributed by atoms with Crippen LogP contribution in [0.4, 0.5) is 8.78 Å². The highest BCUT2D eigenvalue weighted by Crippen LogP contribution is 2.12. The Balaban J connectivity index is 2.63. The second-order valence-electron chi connectivity index (χ2n) is 4.19. The molecule has 0 radical (unpaired) electrons. The number of hydrogen-bond acceptors (Lipinski definition) is 2. The topological polar surface area (TPSA) is 37.4 Å². The van der Waals surface area contributed by atoms with Gasteiger partial charge in [-0.25, -0.2) is 8.78 Å². The summed E-state index contributed by atoms with van der Waals surface area (Å²) in [6.07, 6.45) is 0.248. The number of nitrogens with zero attached hydrogens (tertiary/aromatic N) is 1. The number of benzene rings is 1. The summed E-state index contributed by atoms with van der Waals surface area (Å²) in [6.45, 7) is 1.39. The van der Waals surface area contributed by atoms with Crippen LogP contribution in [0.15, 0.2) is 18.2 Å². The van der Waals surface area contributed by atoms with E-state index < -0.39 is 11.6 Å². The van der Waals surface area contributed by atoms with Gasteiger partial charge in [0, 0.05) is 32.0 Å². The van der Waals surface area contributed by atoms with E-state index in [1.165, 1.54) is 18.9 Å². The Hall–Kier alpha value is -1.78. The van der Waals surface area contributed by atoms with E-state index in [1.807, 2.05) is 0 Å². The van der Waals surface area contributed by atoms with E-state index in [1.54, 1.807) is 0 Å². The molecule has 0 spiro atoms. The number of halogens is 2. The Bertz CT molecular complexity index is 460. The normalized spacial score (nSPS) is 10.2. The van der Waals surface area contributed by atoms with Crippen molar-refractivity contribution in [1.29, 1.82) is 0 Å². The van der Waals surface area contributed by atoms with Crippen LogP contribution < -0.4 is 0 Å². The fourth-order valence-corrected chi connectivity index (χ4v) is 1.48. The van der Waals surface area contributed by atoms with E-state index >= 15 is 0 Å². The molecule has 0 saturated heterocycles. The van der Waals surface area contributed by atoms with Crippen molar-refractivity contribution in [2.24, 2.45) is 0 Å². The van der Waals surface area contributed by atoms with Gasteiger partial charge in [-0.15, -0.1) is 0 Å². The highest BCUT2D eigenvalue weighted by Gasteiger charge is 2.13. The van der Waals surface area contributed by atoms with E-state index in [4.69, 9.17) is 0 Å². The summed E-state index contributed by atoms with van der Waals surface area (Å²) in [5.41, 5.74) is 0.119. The first-order valence-electron chi connectivity index (χ1n) is 5.57. The van der Waals surface area contributed by atoms with Crippen LogP contribution in [0.1, 0.15) is 25.3 Å². The monoisotopic (exact) mass is 255 g/mol. The fourth-order valence-electron chi connectivity index (χ4n) is 1.48. The van der Waals surface area contributed by atoms with Gasteiger partial charge in [0.25, 0.3) is 0 Å². The zero-order valence-corrected chi connectivity index (χ0v) is 10.4. The van der Waals surface area contributed by atoms with Gasteiger partial charge < -0.3 is 9.69 Å². The second-order valence-corrected chi connectivity index (χ2v) is 4.19. The maximum absolute atomic E-state index is 13.3. The average Bonchev–Trinajstić information content (AvgIpc) is 2.30. The van der Waals surface area contributed by atoms with Crippen LogP contribution in [0.25, 0.3) is 0 Å². The third-order valence-corrected chi connectivity index (χ3v) is 2.53. The lowest BCUT2D eigenvalue weighted by Crippen LogP contribution is -2.26. The van der Waals surface area contributed by atoms with E-state index in [9.17, 15) is 18.4 Å². The van der Waals surface area contributed by atoms with Gasteiger partial charge in [-0.05, 0) is 25.1 Å². The smallest absolute Gasteiger partial charge is 0.223 e. The van der Waals surface area contributed by atoms with Crippen molar-refractivity contribution in [3.63, 3.8) is 0 Å². The van der Waals surface area contributed by atoms with Gasteiger partial charge in [-0.1, -0.05) is 0 Å².